The van der Waals surface area contributed by atoms with E-state index in [4.69, 9.17) is 26.2 Å². The van der Waals surface area contributed by atoms with E-state index in [1.807, 2.05) is 46.0 Å². The lowest BCUT2D eigenvalue weighted by Crippen LogP contribution is -2.64. The Morgan fingerprint density at radius 3 is 2.51 bits per heavy atom. The van der Waals surface area contributed by atoms with E-state index in [0.717, 1.165) is 48.4 Å². The summed E-state index contributed by atoms with van der Waals surface area (Å²) in [7, 11) is 0. The summed E-state index contributed by atoms with van der Waals surface area (Å²) in [4.78, 5) is 23.4. The van der Waals surface area contributed by atoms with E-state index in [0.29, 0.717) is 29.3 Å². The number of carbonyl (C=O) groups is 1. The van der Waals surface area contributed by atoms with Crippen LogP contribution in [-0.4, -0.2) is 75.7 Å². The average molecular weight is 635 g/mol. The average Bonchev–Trinajstić information content (AvgIpc) is 3.58. The van der Waals surface area contributed by atoms with Gasteiger partial charge in [0.15, 0.2) is 0 Å². The minimum absolute atomic E-state index is 0.164. The van der Waals surface area contributed by atoms with Crippen LogP contribution in [0, 0.1) is 5.41 Å². The Kier molecular flexibility index (Phi) is 8.14. The second-order valence-corrected chi connectivity index (χ2v) is 13.9. The van der Waals surface area contributed by atoms with Gasteiger partial charge in [0, 0.05) is 42.7 Å². The van der Waals surface area contributed by atoms with Gasteiger partial charge >= 0.3 is 6.09 Å². The van der Waals surface area contributed by atoms with Crippen molar-refractivity contribution < 1.29 is 14.3 Å². The Morgan fingerprint density at radius 1 is 1.13 bits per heavy atom. The molecule has 1 aliphatic carbocycles. The molecule has 4 heterocycles. The first kappa shape index (κ1) is 30.8. The predicted octanol–water partition coefficient (Wildman–Crippen LogP) is 5.89. The molecule has 1 spiro atoms. The molecule has 2 fully saturated rings. The SMILES string of the molecule is CC(C)c1nn(C2CC3(C2)CN(C(=O)OC(C)(C)C)C3)cc1Nc1ncc(-c2ccc(Cl)c(O[C@@H](C)Cn3cnnn3)c2)cn1. The highest BCUT2D eigenvalue weighted by molar-refractivity contribution is 6.32. The maximum Gasteiger partial charge on any atom is 0.410 e. The highest BCUT2D eigenvalue weighted by Crippen LogP contribution is 2.54. The molecule has 3 aromatic heterocycles. The molecular formula is C31H39ClN10O3. The van der Waals surface area contributed by atoms with Crippen molar-refractivity contribution >= 4 is 29.3 Å². The molecule has 1 N–H and O–H groups in total. The van der Waals surface area contributed by atoms with Crippen molar-refractivity contribution in [2.75, 3.05) is 18.4 Å². The number of rotatable bonds is 9. The van der Waals surface area contributed by atoms with Crippen molar-refractivity contribution in [3.63, 3.8) is 0 Å². The van der Waals surface area contributed by atoms with E-state index in [1.165, 1.54) is 0 Å². The molecule has 238 valence electrons. The molecule has 14 heteroatoms. The van der Waals surface area contributed by atoms with Crippen LogP contribution in [0.5, 0.6) is 5.75 Å². The summed E-state index contributed by atoms with van der Waals surface area (Å²) in [6.45, 7) is 13.8. The Labute approximate surface area is 267 Å². The van der Waals surface area contributed by atoms with Crippen LogP contribution in [-0.2, 0) is 11.3 Å². The lowest BCUT2D eigenvalue weighted by molar-refractivity contribution is -0.0928. The number of halogens is 1. The van der Waals surface area contributed by atoms with Crippen molar-refractivity contribution in [2.24, 2.45) is 5.41 Å². The number of hydrogen-bond acceptors (Lipinski definition) is 10. The van der Waals surface area contributed by atoms with Crippen LogP contribution >= 0.6 is 11.6 Å². The lowest BCUT2D eigenvalue weighted by atomic mass is 9.61. The van der Waals surface area contributed by atoms with Gasteiger partial charge in [-0.25, -0.2) is 19.4 Å². The largest absolute Gasteiger partial charge is 0.487 e. The second-order valence-electron chi connectivity index (χ2n) is 13.5. The minimum Gasteiger partial charge on any atom is -0.487 e. The zero-order chi connectivity index (χ0) is 31.9. The molecule has 0 bridgehead atoms. The molecular weight excluding hydrogens is 596 g/mol. The standard InChI is InChI=1S/C31H39ClN10O3/c1-19(2)27-25(15-42(37-27)23-10-31(11-23)16-40(17-31)29(43)45-30(4,5)6)36-28-33-12-22(13-34-28)21-7-8-24(32)26(9-21)44-20(3)14-41-18-35-38-39-41/h7-9,12-13,15,18-20,23H,10-11,14,16-17H2,1-6H3,(H,33,34,36)/t20-/m0/s1. The third-order valence-corrected chi connectivity index (χ3v) is 8.36. The Morgan fingerprint density at radius 2 is 1.87 bits per heavy atom. The fourth-order valence-corrected chi connectivity index (χ4v) is 6.10. The summed E-state index contributed by atoms with van der Waals surface area (Å²) in [5, 5.41) is 20.0. The zero-order valence-electron chi connectivity index (χ0n) is 26.4. The number of anilines is 2. The van der Waals surface area contributed by atoms with Gasteiger partial charge in [-0.3, -0.25) is 4.68 Å². The van der Waals surface area contributed by atoms with Gasteiger partial charge in [-0.1, -0.05) is 31.5 Å². The molecule has 4 aromatic rings. The minimum atomic E-state index is -0.483. The summed E-state index contributed by atoms with van der Waals surface area (Å²) in [6, 6.07) is 5.88. The third-order valence-electron chi connectivity index (χ3n) is 8.05. The highest BCUT2D eigenvalue weighted by Gasteiger charge is 2.55. The van der Waals surface area contributed by atoms with Gasteiger partial charge in [0.25, 0.3) is 0 Å². The quantitative estimate of drug-likeness (QED) is 0.237. The molecule has 1 saturated heterocycles. The summed E-state index contributed by atoms with van der Waals surface area (Å²) in [6.07, 6.45) is 8.68. The first-order chi connectivity index (χ1) is 21.4. The van der Waals surface area contributed by atoms with Gasteiger partial charge in [0.2, 0.25) is 5.95 Å². The molecule has 13 nitrogen and oxygen atoms in total. The summed E-state index contributed by atoms with van der Waals surface area (Å²) >= 11 is 6.43. The van der Waals surface area contributed by atoms with Gasteiger partial charge in [0.1, 0.15) is 23.8 Å². The summed E-state index contributed by atoms with van der Waals surface area (Å²) < 4.78 is 15.3. The normalized spacial score (nSPS) is 16.8. The predicted molar refractivity (Wildman–Crippen MR) is 168 cm³/mol. The first-order valence-electron chi connectivity index (χ1n) is 15.2. The molecule has 1 amide bonds. The molecule has 6 rings (SSSR count). The fraction of sp³-hybridized carbons (Fsp3) is 0.516. The molecule has 45 heavy (non-hydrogen) atoms. The number of nitrogens with one attached hydrogen (secondary N) is 1. The van der Waals surface area contributed by atoms with E-state index < -0.39 is 5.60 Å². The Balaban J connectivity index is 1.08. The van der Waals surface area contributed by atoms with E-state index in [2.05, 4.69) is 49.3 Å². The van der Waals surface area contributed by atoms with Gasteiger partial charge in [0.05, 0.1) is 29.0 Å². The fourth-order valence-electron chi connectivity index (χ4n) is 5.94. The Hall–Kier alpha value is -4.26. The van der Waals surface area contributed by atoms with Gasteiger partial charge in [-0.05, 0) is 74.6 Å². The lowest BCUT2D eigenvalue weighted by Gasteiger charge is -2.58. The van der Waals surface area contributed by atoms with Crippen molar-refractivity contribution in [2.45, 2.75) is 84.6 Å². The maximum atomic E-state index is 12.4. The van der Waals surface area contributed by atoms with Crippen molar-refractivity contribution in [1.29, 1.82) is 0 Å². The van der Waals surface area contributed by atoms with Crippen LogP contribution in [0.2, 0.25) is 5.02 Å². The van der Waals surface area contributed by atoms with E-state index in [-0.39, 0.29) is 23.5 Å². The zero-order valence-corrected chi connectivity index (χ0v) is 27.2. The van der Waals surface area contributed by atoms with Crippen molar-refractivity contribution in [1.82, 2.24) is 44.9 Å². The van der Waals surface area contributed by atoms with E-state index >= 15 is 0 Å². The second kappa shape index (κ2) is 11.9. The molecule has 0 radical (unpaired) electrons. The van der Waals surface area contributed by atoms with Crippen LogP contribution in [0.15, 0.2) is 43.1 Å². The third kappa shape index (κ3) is 6.87. The highest BCUT2D eigenvalue weighted by atomic mass is 35.5. The van der Waals surface area contributed by atoms with E-state index in [1.54, 1.807) is 34.4 Å². The number of hydrogen-bond donors (Lipinski definition) is 1. The number of benzene rings is 1. The number of likely N-dealkylation sites (tertiary alicyclic amines) is 1. The maximum absolute atomic E-state index is 12.4. The van der Waals surface area contributed by atoms with Gasteiger partial charge in [-0.2, -0.15) is 5.10 Å². The molecule has 1 saturated carbocycles. The van der Waals surface area contributed by atoms with Gasteiger partial charge in [-0.15, -0.1) is 5.10 Å². The molecule has 1 aliphatic heterocycles. The molecule has 1 aromatic carbocycles. The molecule has 0 unspecified atom stereocenters. The van der Waals surface area contributed by atoms with Crippen LogP contribution in [0.4, 0.5) is 16.4 Å². The van der Waals surface area contributed by atoms with Crippen LogP contribution in [0.1, 0.15) is 72.0 Å². The number of aromatic nitrogens is 8. The monoisotopic (exact) mass is 634 g/mol. The van der Waals surface area contributed by atoms with Crippen molar-refractivity contribution in [3.8, 4) is 16.9 Å². The Bertz CT molecular complexity index is 1630. The topological polar surface area (TPSA) is 138 Å². The summed E-state index contributed by atoms with van der Waals surface area (Å²) in [5.41, 5.74) is 3.24. The smallest absolute Gasteiger partial charge is 0.410 e. The van der Waals surface area contributed by atoms with Gasteiger partial charge < -0.3 is 19.7 Å². The number of amides is 1. The number of nitrogens with zero attached hydrogens (tertiary/aromatic N) is 9. The summed E-state index contributed by atoms with van der Waals surface area (Å²) in [5.74, 6) is 1.25. The molecule has 1 atom stereocenters. The van der Waals surface area contributed by atoms with Crippen LogP contribution < -0.4 is 10.1 Å². The van der Waals surface area contributed by atoms with Crippen molar-refractivity contribution in [3.05, 3.63) is 53.8 Å². The first-order valence-corrected chi connectivity index (χ1v) is 15.6. The molecule has 2 aliphatic rings. The number of tetrazole rings is 1. The number of ether oxygens (including phenoxy) is 2. The van der Waals surface area contributed by atoms with E-state index in [9.17, 15) is 4.79 Å². The van der Waals surface area contributed by atoms with Crippen LogP contribution in [0.25, 0.3) is 11.1 Å². The number of carbonyl (C=O) groups excluding carboxylic acids is 1. The van der Waals surface area contributed by atoms with Crippen LogP contribution in [0.3, 0.4) is 0 Å².